The van der Waals surface area contributed by atoms with Crippen molar-refractivity contribution in [3.63, 3.8) is 0 Å². The molecule has 0 aromatic heterocycles. The molecule has 1 heterocycles. The molecule has 0 fully saturated rings. The van der Waals surface area contributed by atoms with Crippen molar-refractivity contribution >= 4 is 17.3 Å². The first-order chi connectivity index (χ1) is 5.29. The number of nitrogens with two attached hydrogens (primary N) is 1. The summed E-state index contributed by atoms with van der Waals surface area (Å²) in [6.45, 7) is 0.722. The Hall–Kier alpha value is -0.890. The van der Waals surface area contributed by atoms with E-state index in [4.69, 9.17) is 22.1 Å². The molecule has 2 rings (SSSR count). The Bertz CT molecular complexity index is 298. The first-order valence-electron chi connectivity index (χ1n) is 3.48. The highest BCUT2D eigenvalue weighted by atomic mass is 35.5. The molecule has 0 unspecified atom stereocenters. The number of benzene rings is 1. The minimum absolute atomic E-state index is 0.571. The fraction of sp³-hybridized carbons (Fsp3) is 0.250. The quantitative estimate of drug-likeness (QED) is 0.602. The topological polar surface area (TPSA) is 35.2 Å². The van der Waals surface area contributed by atoms with Gasteiger partial charge < -0.3 is 10.5 Å². The molecule has 58 valence electrons. The lowest BCUT2D eigenvalue weighted by Gasteiger charge is -2.03. The average Bonchev–Trinajstić information content (AvgIpc) is 2.45. The number of rotatable bonds is 0. The lowest BCUT2D eigenvalue weighted by molar-refractivity contribution is 0.358. The lowest BCUT2D eigenvalue weighted by Crippen LogP contribution is -1.92. The average molecular weight is 170 g/mol. The second-order valence-corrected chi connectivity index (χ2v) is 2.95. The Labute approximate surface area is 69.9 Å². The third-order valence-electron chi connectivity index (χ3n) is 1.84. The van der Waals surface area contributed by atoms with Crippen LogP contribution in [0, 0.1) is 0 Å². The number of fused-ring (bicyclic) bond motifs is 1. The van der Waals surface area contributed by atoms with Crippen LogP contribution in [0.2, 0.25) is 5.02 Å². The largest absolute Gasteiger partial charge is 0.491 e. The third kappa shape index (κ3) is 0.942. The Morgan fingerprint density at radius 1 is 1.45 bits per heavy atom. The predicted molar refractivity (Wildman–Crippen MR) is 45.1 cm³/mol. The summed E-state index contributed by atoms with van der Waals surface area (Å²) in [5.41, 5.74) is 7.41. The highest BCUT2D eigenvalue weighted by Gasteiger charge is 2.16. The molecule has 0 atom stereocenters. The molecule has 0 spiro atoms. The third-order valence-corrected chi connectivity index (χ3v) is 2.17. The predicted octanol–water partition coefficient (Wildman–Crippen LogP) is 1.86. The van der Waals surface area contributed by atoms with Crippen LogP contribution in [0.3, 0.4) is 0 Å². The number of nitrogen functional groups attached to an aromatic ring is 1. The van der Waals surface area contributed by atoms with Crippen LogP contribution < -0.4 is 10.5 Å². The number of ether oxygens (including phenoxy) is 1. The van der Waals surface area contributed by atoms with Crippen LogP contribution in [-0.2, 0) is 6.42 Å². The van der Waals surface area contributed by atoms with Crippen molar-refractivity contribution in [3.05, 3.63) is 22.7 Å². The molecule has 1 aromatic rings. The van der Waals surface area contributed by atoms with Crippen LogP contribution in [0.4, 0.5) is 5.69 Å². The second kappa shape index (κ2) is 2.31. The van der Waals surface area contributed by atoms with Crippen molar-refractivity contribution in [2.24, 2.45) is 0 Å². The van der Waals surface area contributed by atoms with Crippen molar-refractivity contribution in [1.82, 2.24) is 0 Å². The van der Waals surface area contributed by atoms with Gasteiger partial charge in [-0.15, -0.1) is 0 Å². The first-order valence-corrected chi connectivity index (χ1v) is 3.86. The van der Waals surface area contributed by atoms with Gasteiger partial charge in [0.15, 0.2) is 0 Å². The highest BCUT2D eigenvalue weighted by Crippen LogP contribution is 2.36. The van der Waals surface area contributed by atoms with Crippen LogP contribution in [-0.4, -0.2) is 6.61 Å². The molecule has 3 heteroatoms. The maximum absolute atomic E-state index is 5.79. The molecule has 1 aliphatic heterocycles. The highest BCUT2D eigenvalue weighted by molar-refractivity contribution is 6.33. The van der Waals surface area contributed by atoms with Crippen LogP contribution in [0.15, 0.2) is 12.1 Å². The van der Waals surface area contributed by atoms with Gasteiger partial charge in [0, 0.05) is 6.42 Å². The molecular formula is C8H8ClNO. The Morgan fingerprint density at radius 2 is 2.27 bits per heavy atom. The van der Waals surface area contributed by atoms with E-state index in [1.165, 1.54) is 0 Å². The summed E-state index contributed by atoms with van der Waals surface area (Å²) in [4.78, 5) is 0. The number of anilines is 1. The minimum atomic E-state index is 0.571. The molecule has 0 saturated carbocycles. The van der Waals surface area contributed by atoms with Gasteiger partial charge in [-0.25, -0.2) is 0 Å². The Morgan fingerprint density at radius 3 is 3.09 bits per heavy atom. The molecule has 0 bridgehead atoms. The van der Waals surface area contributed by atoms with E-state index in [1.54, 1.807) is 0 Å². The Kier molecular flexibility index (Phi) is 1.43. The summed E-state index contributed by atoms with van der Waals surface area (Å²) in [6.07, 6.45) is 0.941. The summed E-state index contributed by atoms with van der Waals surface area (Å²) >= 11 is 5.79. The number of hydrogen-bond acceptors (Lipinski definition) is 2. The maximum Gasteiger partial charge on any atom is 0.147 e. The first kappa shape index (κ1) is 6.80. The summed E-state index contributed by atoms with van der Waals surface area (Å²) in [6, 6.07) is 3.77. The molecule has 2 N–H and O–H groups in total. The van der Waals surface area contributed by atoms with Crippen LogP contribution in [0.1, 0.15) is 5.56 Å². The van der Waals surface area contributed by atoms with Crippen molar-refractivity contribution in [2.45, 2.75) is 6.42 Å². The van der Waals surface area contributed by atoms with E-state index >= 15 is 0 Å². The summed E-state index contributed by atoms with van der Waals surface area (Å²) < 4.78 is 5.30. The molecule has 0 aliphatic carbocycles. The van der Waals surface area contributed by atoms with Gasteiger partial charge in [0.1, 0.15) is 5.75 Å². The van der Waals surface area contributed by atoms with E-state index in [2.05, 4.69) is 0 Å². The van der Waals surface area contributed by atoms with Crippen LogP contribution in [0.25, 0.3) is 0 Å². The monoisotopic (exact) mass is 169 g/mol. The van der Waals surface area contributed by atoms with Crippen molar-refractivity contribution in [1.29, 1.82) is 0 Å². The van der Waals surface area contributed by atoms with Gasteiger partial charge in [-0.05, 0) is 11.6 Å². The van der Waals surface area contributed by atoms with E-state index in [9.17, 15) is 0 Å². The normalized spacial score (nSPS) is 14.3. The summed E-state index contributed by atoms with van der Waals surface area (Å²) in [5.74, 6) is 0.775. The SMILES string of the molecule is Nc1c(Cl)ccc2c1OCC2. The molecule has 0 amide bonds. The summed E-state index contributed by atoms with van der Waals surface area (Å²) in [7, 11) is 0. The second-order valence-electron chi connectivity index (χ2n) is 2.55. The molecule has 1 aliphatic rings. The zero-order valence-electron chi connectivity index (χ0n) is 5.93. The maximum atomic E-state index is 5.79. The van der Waals surface area contributed by atoms with E-state index < -0.39 is 0 Å². The van der Waals surface area contributed by atoms with Crippen molar-refractivity contribution in [3.8, 4) is 5.75 Å². The number of hydrogen-bond donors (Lipinski definition) is 1. The smallest absolute Gasteiger partial charge is 0.147 e. The minimum Gasteiger partial charge on any atom is -0.491 e. The van der Waals surface area contributed by atoms with Gasteiger partial charge >= 0.3 is 0 Å². The fourth-order valence-electron chi connectivity index (χ4n) is 1.25. The fourth-order valence-corrected chi connectivity index (χ4v) is 1.40. The number of halogens is 1. The lowest BCUT2D eigenvalue weighted by atomic mass is 10.1. The van der Waals surface area contributed by atoms with E-state index in [0.29, 0.717) is 10.7 Å². The van der Waals surface area contributed by atoms with Crippen LogP contribution >= 0.6 is 11.6 Å². The van der Waals surface area contributed by atoms with Gasteiger partial charge in [0.25, 0.3) is 0 Å². The molecule has 0 saturated heterocycles. The van der Waals surface area contributed by atoms with Crippen LogP contribution in [0.5, 0.6) is 5.75 Å². The molecular weight excluding hydrogens is 162 g/mol. The zero-order chi connectivity index (χ0) is 7.84. The van der Waals surface area contributed by atoms with E-state index in [1.807, 2.05) is 12.1 Å². The van der Waals surface area contributed by atoms with E-state index in [0.717, 1.165) is 24.3 Å². The standard InChI is InChI=1S/C8H8ClNO/c9-6-2-1-5-3-4-11-8(5)7(6)10/h1-2H,3-4,10H2. The van der Waals surface area contributed by atoms with Gasteiger partial charge in [-0.1, -0.05) is 17.7 Å². The molecule has 1 aromatic carbocycles. The zero-order valence-corrected chi connectivity index (χ0v) is 6.69. The molecule has 11 heavy (non-hydrogen) atoms. The summed E-state index contributed by atoms with van der Waals surface area (Å²) in [5, 5.41) is 0.575. The molecule has 0 radical (unpaired) electrons. The van der Waals surface area contributed by atoms with Gasteiger partial charge in [-0.3, -0.25) is 0 Å². The van der Waals surface area contributed by atoms with E-state index in [-0.39, 0.29) is 0 Å². The van der Waals surface area contributed by atoms with Gasteiger partial charge in [-0.2, -0.15) is 0 Å². The van der Waals surface area contributed by atoms with Gasteiger partial charge in [0.05, 0.1) is 17.3 Å². The van der Waals surface area contributed by atoms with Crippen molar-refractivity contribution < 1.29 is 4.74 Å². The Balaban J connectivity index is 2.62. The van der Waals surface area contributed by atoms with Gasteiger partial charge in [0.2, 0.25) is 0 Å². The van der Waals surface area contributed by atoms with Crippen molar-refractivity contribution in [2.75, 3.05) is 12.3 Å². The molecule has 2 nitrogen and oxygen atoms in total.